The lowest BCUT2D eigenvalue weighted by Gasteiger charge is -2.16. The molecule has 0 bridgehead atoms. The van der Waals surface area contributed by atoms with Crippen molar-refractivity contribution in [2.75, 3.05) is 13.1 Å². The molecule has 1 saturated heterocycles. The first kappa shape index (κ1) is 14.5. The summed E-state index contributed by atoms with van der Waals surface area (Å²) in [5.41, 5.74) is 6.72. The zero-order valence-corrected chi connectivity index (χ0v) is 12.5. The Bertz CT molecular complexity index is 527. The van der Waals surface area contributed by atoms with Crippen molar-refractivity contribution in [3.63, 3.8) is 0 Å². The second kappa shape index (κ2) is 5.23. The van der Waals surface area contributed by atoms with Gasteiger partial charge in [0, 0.05) is 19.1 Å². The van der Waals surface area contributed by atoms with Crippen molar-refractivity contribution in [3.8, 4) is 0 Å². The van der Waals surface area contributed by atoms with E-state index in [1.807, 2.05) is 6.92 Å². The Morgan fingerprint density at radius 3 is 2.05 bits per heavy atom. The van der Waals surface area contributed by atoms with Crippen molar-refractivity contribution < 1.29 is 8.42 Å². The number of hydrogen-bond acceptors (Lipinski definition) is 3. The number of nitrogens with two attached hydrogens (primary N) is 1. The van der Waals surface area contributed by atoms with E-state index >= 15 is 0 Å². The molecule has 0 radical (unpaired) electrons. The second-order valence-corrected chi connectivity index (χ2v) is 7.57. The molecule has 0 spiro atoms. The quantitative estimate of drug-likeness (QED) is 0.922. The third-order valence-electron chi connectivity index (χ3n) is 4.00. The standard InChI is InChI=1S/C14H22N2O2S/c1-10-8-16(9-11(10)2)19(17,18)14-6-4-13(5-7-14)12(3)15/h4-7,10-12H,8-9,15H2,1-3H3. The maximum atomic E-state index is 12.5. The van der Waals surface area contributed by atoms with Crippen LogP contribution in [0.1, 0.15) is 32.4 Å². The van der Waals surface area contributed by atoms with Gasteiger partial charge in [-0.1, -0.05) is 26.0 Å². The Labute approximate surface area is 115 Å². The molecule has 4 nitrogen and oxygen atoms in total. The summed E-state index contributed by atoms with van der Waals surface area (Å²) in [7, 11) is -3.35. The molecule has 0 aliphatic carbocycles. The van der Waals surface area contributed by atoms with E-state index in [4.69, 9.17) is 5.73 Å². The largest absolute Gasteiger partial charge is 0.324 e. The molecule has 1 aromatic carbocycles. The highest BCUT2D eigenvalue weighted by Gasteiger charge is 2.34. The zero-order valence-electron chi connectivity index (χ0n) is 11.7. The van der Waals surface area contributed by atoms with Crippen LogP contribution in [-0.4, -0.2) is 25.8 Å². The SMILES string of the molecule is CC(N)c1ccc(S(=O)(=O)N2CC(C)C(C)C2)cc1. The van der Waals surface area contributed by atoms with Crippen molar-refractivity contribution in [1.82, 2.24) is 4.31 Å². The van der Waals surface area contributed by atoms with Gasteiger partial charge in [0.25, 0.3) is 0 Å². The molecule has 19 heavy (non-hydrogen) atoms. The molecule has 106 valence electrons. The van der Waals surface area contributed by atoms with Crippen LogP contribution in [0.15, 0.2) is 29.2 Å². The van der Waals surface area contributed by atoms with E-state index in [0.717, 1.165) is 5.56 Å². The van der Waals surface area contributed by atoms with Crippen molar-refractivity contribution in [3.05, 3.63) is 29.8 Å². The van der Waals surface area contributed by atoms with E-state index in [1.54, 1.807) is 28.6 Å². The molecular formula is C14H22N2O2S. The summed E-state index contributed by atoms with van der Waals surface area (Å²) in [6.07, 6.45) is 0. The number of sulfonamides is 1. The first-order valence-electron chi connectivity index (χ1n) is 6.68. The summed E-state index contributed by atoms with van der Waals surface area (Å²) in [4.78, 5) is 0.359. The van der Waals surface area contributed by atoms with Crippen LogP contribution in [-0.2, 0) is 10.0 Å². The van der Waals surface area contributed by atoms with Gasteiger partial charge in [-0.05, 0) is 36.5 Å². The predicted molar refractivity (Wildman–Crippen MR) is 76.1 cm³/mol. The van der Waals surface area contributed by atoms with E-state index in [0.29, 0.717) is 29.8 Å². The second-order valence-electron chi connectivity index (χ2n) is 5.63. The van der Waals surface area contributed by atoms with Crippen molar-refractivity contribution in [2.24, 2.45) is 17.6 Å². The van der Waals surface area contributed by atoms with Crippen LogP contribution in [0.2, 0.25) is 0 Å². The lowest BCUT2D eigenvalue weighted by Crippen LogP contribution is -2.29. The Hall–Kier alpha value is -0.910. The van der Waals surface area contributed by atoms with Crippen LogP contribution in [0.4, 0.5) is 0 Å². The summed E-state index contributed by atoms with van der Waals surface area (Å²) in [5.74, 6) is 0.830. The van der Waals surface area contributed by atoms with E-state index in [2.05, 4.69) is 13.8 Å². The first-order chi connectivity index (χ1) is 8.82. The van der Waals surface area contributed by atoms with Gasteiger partial charge in [-0.25, -0.2) is 8.42 Å². The third-order valence-corrected chi connectivity index (χ3v) is 5.84. The minimum atomic E-state index is -3.35. The highest BCUT2D eigenvalue weighted by Crippen LogP contribution is 2.28. The number of nitrogens with zero attached hydrogens (tertiary/aromatic N) is 1. The summed E-state index contributed by atoms with van der Waals surface area (Å²) >= 11 is 0. The van der Waals surface area contributed by atoms with Gasteiger partial charge in [-0.3, -0.25) is 0 Å². The smallest absolute Gasteiger partial charge is 0.243 e. The average Bonchev–Trinajstić information content (AvgIpc) is 2.70. The first-order valence-corrected chi connectivity index (χ1v) is 8.12. The Kier molecular flexibility index (Phi) is 3.99. The summed E-state index contributed by atoms with van der Waals surface area (Å²) in [6, 6.07) is 6.81. The lowest BCUT2D eigenvalue weighted by atomic mass is 10.0. The van der Waals surface area contributed by atoms with Crippen LogP contribution in [0.5, 0.6) is 0 Å². The highest BCUT2D eigenvalue weighted by atomic mass is 32.2. The molecule has 2 N–H and O–H groups in total. The van der Waals surface area contributed by atoms with Crippen molar-refractivity contribution in [1.29, 1.82) is 0 Å². The molecule has 1 fully saturated rings. The normalized spacial score (nSPS) is 26.5. The molecule has 3 atom stereocenters. The molecule has 1 heterocycles. The Morgan fingerprint density at radius 2 is 1.63 bits per heavy atom. The van der Waals surface area contributed by atoms with Gasteiger partial charge in [0.2, 0.25) is 10.0 Å². The minimum Gasteiger partial charge on any atom is -0.324 e. The van der Waals surface area contributed by atoms with Gasteiger partial charge < -0.3 is 5.73 Å². The molecule has 5 heteroatoms. The molecular weight excluding hydrogens is 260 g/mol. The van der Waals surface area contributed by atoms with Gasteiger partial charge in [-0.15, -0.1) is 0 Å². The monoisotopic (exact) mass is 282 g/mol. The number of rotatable bonds is 3. The van der Waals surface area contributed by atoms with Crippen LogP contribution in [0.3, 0.4) is 0 Å². The van der Waals surface area contributed by atoms with E-state index in [9.17, 15) is 8.42 Å². The van der Waals surface area contributed by atoms with Crippen LogP contribution in [0.25, 0.3) is 0 Å². The van der Waals surface area contributed by atoms with E-state index in [1.165, 1.54) is 0 Å². The predicted octanol–water partition coefficient (Wildman–Crippen LogP) is 1.98. The van der Waals surface area contributed by atoms with Gasteiger partial charge >= 0.3 is 0 Å². The summed E-state index contributed by atoms with van der Waals surface area (Å²) in [5, 5.41) is 0. The van der Waals surface area contributed by atoms with Crippen LogP contribution >= 0.6 is 0 Å². The fourth-order valence-electron chi connectivity index (χ4n) is 2.37. The Morgan fingerprint density at radius 1 is 1.16 bits per heavy atom. The van der Waals surface area contributed by atoms with E-state index in [-0.39, 0.29) is 6.04 Å². The maximum absolute atomic E-state index is 12.5. The summed E-state index contributed by atoms with van der Waals surface area (Å²) in [6.45, 7) is 7.29. The lowest BCUT2D eigenvalue weighted by molar-refractivity contribution is 0.463. The molecule has 1 aliphatic rings. The molecule has 0 amide bonds. The van der Waals surface area contributed by atoms with Gasteiger partial charge in [0.1, 0.15) is 0 Å². The fourth-order valence-corrected chi connectivity index (χ4v) is 4.01. The highest BCUT2D eigenvalue weighted by molar-refractivity contribution is 7.89. The minimum absolute atomic E-state index is 0.0800. The zero-order chi connectivity index (χ0) is 14.2. The van der Waals surface area contributed by atoms with E-state index < -0.39 is 10.0 Å². The van der Waals surface area contributed by atoms with Crippen molar-refractivity contribution >= 4 is 10.0 Å². The number of hydrogen-bond donors (Lipinski definition) is 1. The third kappa shape index (κ3) is 2.83. The van der Waals surface area contributed by atoms with Crippen LogP contribution in [0, 0.1) is 11.8 Å². The molecule has 0 aromatic heterocycles. The van der Waals surface area contributed by atoms with Gasteiger partial charge in [0.15, 0.2) is 0 Å². The average molecular weight is 282 g/mol. The summed E-state index contributed by atoms with van der Waals surface area (Å²) < 4.78 is 26.6. The molecule has 2 rings (SSSR count). The topological polar surface area (TPSA) is 63.4 Å². The molecule has 3 unspecified atom stereocenters. The fraction of sp³-hybridized carbons (Fsp3) is 0.571. The van der Waals surface area contributed by atoms with Gasteiger partial charge in [-0.2, -0.15) is 4.31 Å². The molecule has 1 aromatic rings. The maximum Gasteiger partial charge on any atom is 0.243 e. The Balaban J connectivity index is 2.25. The van der Waals surface area contributed by atoms with Crippen molar-refractivity contribution in [2.45, 2.75) is 31.7 Å². The number of benzene rings is 1. The molecule has 0 saturated carbocycles. The van der Waals surface area contributed by atoms with Crippen LogP contribution < -0.4 is 5.73 Å². The molecule has 1 aliphatic heterocycles. The van der Waals surface area contributed by atoms with Gasteiger partial charge in [0.05, 0.1) is 4.90 Å².